The molecule has 1 atom stereocenters. The van der Waals surface area contributed by atoms with Crippen LogP contribution in [0.1, 0.15) is 13.8 Å². The Morgan fingerprint density at radius 1 is 1.69 bits per heavy atom. The number of rotatable bonds is 5. The van der Waals surface area contributed by atoms with Crippen LogP contribution in [-0.2, 0) is 14.4 Å². The Balaban J connectivity index is 3.95. The highest BCUT2D eigenvalue weighted by Crippen LogP contribution is 1.85. The number of amides is 2. The molecule has 0 spiro atoms. The number of nitrogens with zero attached hydrogens (tertiary/aromatic N) is 1. The summed E-state index contributed by atoms with van der Waals surface area (Å²) in [6.45, 7) is 2.90. The number of carbonyl (C=O) groups excluding carboxylic acids is 2. The zero-order valence-corrected chi connectivity index (χ0v) is 7.61. The molecule has 0 aliphatic carbocycles. The van der Waals surface area contributed by atoms with Gasteiger partial charge in [0.2, 0.25) is 11.8 Å². The van der Waals surface area contributed by atoms with E-state index in [9.17, 15) is 9.59 Å². The van der Waals surface area contributed by atoms with Crippen LogP contribution in [0.5, 0.6) is 0 Å². The second-order valence-electron chi connectivity index (χ2n) is 2.31. The van der Waals surface area contributed by atoms with Crippen LogP contribution in [0.25, 0.3) is 0 Å². The van der Waals surface area contributed by atoms with E-state index in [1.807, 2.05) is 0 Å². The quantitative estimate of drug-likeness (QED) is 0.427. The van der Waals surface area contributed by atoms with Crippen LogP contribution in [0.15, 0.2) is 5.16 Å². The molecule has 1 unspecified atom stereocenters. The highest BCUT2D eigenvalue weighted by Gasteiger charge is 2.16. The summed E-state index contributed by atoms with van der Waals surface area (Å²) in [5, 5.41) is 5.74. The molecule has 0 radical (unpaired) electrons. The van der Waals surface area contributed by atoms with E-state index in [2.05, 4.69) is 15.3 Å². The number of oxime groups is 1. The van der Waals surface area contributed by atoms with Crippen LogP contribution in [0.4, 0.5) is 0 Å². The Kier molecular flexibility index (Phi) is 5.25. The average Bonchev–Trinajstić information content (AvgIpc) is 2.02. The molecule has 0 aliphatic heterocycles. The predicted molar refractivity (Wildman–Crippen MR) is 46.9 cm³/mol. The van der Waals surface area contributed by atoms with Gasteiger partial charge in [0.15, 0.2) is 0 Å². The van der Waals surface area contributed by atoms with Gasteiger partial charge in [0.1, 0.15) is 12.6 Å². The standard InChI is InChI=1S/C7H13N3O3/c1-3-9-13-4-6(7(8)12)10-5(2)11/h3,6H,4H2,1-2H3,(H2,8,12)(H,10,11). The minimum atomic E-state index is -0.832. The maximum atomic E-state index is 10.7. The van der Waals surface area contributed by atoms with Crippen molar-refractivity contribution in [3.05, 3.63) is 0 Å². The van der Waals surface area contributed by atoms with E-state index in [1.54, 1.807) is 6.92 Å². The zero-order chi connectivity index (χ0) is 10.3. The van der Waals surface area contributed by atoms with Gasteiger partial charge in [-0.1, -0.05) is 5.16 Å². The highest BCUT2D eigenvalue weighted by atomic mass is 16.6. The SMILES string of the molecule is CC=NOCC(NC(C)=O)C(N)=O. The fourth-order valence-electron chi connectivity index (χ4n) is 0.632. The van der Waals surface area contributed by atoms with E-state index in [0.717, 1.165) is 0 Å². The van der Waals surface area contributed by atoms with Gasteiger partial charge in [0.05, 0.1) is 0 Å². The molecular weight excluding hydrogens is 174 g/mol. The highest BCUT2D eigenvalue weighted by molar-refractivity contribution is 5.85. The summed E-state index contributed by atoms with van der Waals surface area (Å²) >= 11 is 0. The third-order valence-electron chi connectivity index (χ3n) is 1.14. The van der Waals surface area contributed by atoms with Crippen molar-refractivity contribution in [1.82, 2.24) is 5.32 Å². The first-order valence-electron chi connectivity index (χ1n) is 3.74. The molecule has 0 aliphatic rings. The third-order valence-corrected chi connectivity index (χ3v) is 1.14. The topological polar surface area (TPSA) is 93.8 Å². The van der Waals surface area contributed by atoms with Gasteiger partial charge in [-0.05, 0) is 6.92 Å². The largest absolute Gasteiger partial charge is 0.393 e. The van der Waals surface area contributed by atoms with Gasteiger partial charge in [-0.25, -0.2) is 0 Å². The maximum Gasteiger partial charge on any atom is 0.243 e. The summed E-state index contributed by atoms with van der Waals surface area (Å²) < 4.78 is 0. The molecule has 3 N–H and O–H groups in total. The molecule has 2 amide bonds. The van der Waals surface area contributed by atoms with Crippen LogP contribution in [0.3, 0.4) is 0 Å². The summed E-state index contributed by atoms with van der Waals surface area (Å²) in [6.07, 6.45) is 1.42. The predicted octanol–water partition coefficient (Wildman–Crippen LogP) is -1.00. The first kappa shape index (κ1) is 11.4. The van der Waals surface area contributed by atoms with E-state index in [-0.39, 0.29) is 12.5 Å². The lowest BCUT2D eigenvalue weighted by molar-refractivity contribution is -0.127. The van der Waals surface area contributed by atoms with Gasteiger partial charge >= 0.3 is 0 Å². The second-order valence-corrected chi connectivity index (χ2v) is 2.31. The van der Waals surface area contributed by atoms with Crippen LogP contribution >= 0.6 is 0 Å². The fourth-order valence-corrected chi connectivity index (χ4v) is 0.632. The first-order chi connectivity index (χ1) is 6.07. The van der Waals surface area contributed by atoms with Crippen LogP contribution in [-0.4, -0.2) is 30.7 Å². The molecule has 74 valence electrons. The smallest absolute Gasteiger partial charge is 0.243 e. The van der Waals surface area contributed by atoms with Crippen molar-refractivity contribution >= 4 is 18.0 Å². The molecule has 6 heteroatoms. The van der Waals surface area contributed by atoms with Crippen LogP contribution in [0.2, 0.25) is 0 Å². The Hall–Kier alpha value is -1.59. The second kappa shape index (κ2) is 5.99. The molecule has 13 heavy (non-hydrogen) atoms. The van der Waals surface area contributed by atoms with Gasteiger partial charge < -0.3 is 15.9 Å². The molecule has 0 aromatic rings. The molecule has 0 bridgehead atoms. The minimum absolute atomic E-state index is 0.0563. The Labute approximate surface area is 76.1 Å². The van der Waals surface area contributed by atoms with Crippen molar-refractivity contribution in [3.8, 4) is 0 Å². The average molecular weight is 187 g/mol. The van der Waals surface area contributed by atoms with Crippen molar-refractivity contribution in [2.75, 3.05) is 6.61 Å². The summed E-state index contributed by atoms with van der Waals surface area (Å²) in [5.41, 5.74) is 4.98. The van der Waals surface area contributed by atoms with E-state index in [4.69, 9.17) is 5.73 Å². The number of hydrogen-bond donors (Lipinski definition) is 2. The molecule has 0 aromatic carbocycles. The van der Waals surface area contributed by atoms with Crippen molar-refractivity contribution < 1.29 is 14.4 Å². The van der Waals surface area contributed by atoms with Crippen LogP contribution < -0.4 is 11.1 Å². The third kappa shape index (κ3) is 5.66. The van der Waals surface area contributed by atoms with Crippen molar-refractivity contribution in [1.29, 1.82) is 0 Å². The number of carbonyl (C=O) groups is 2. The van der Waals surface area contributed by atoms with E-state index < -0.39 is 11.9 Å². The summed E-state index contributed by atoms with van der Waals surface area (Å²) in [6, 6.07) is -0.832. The van der Waals surface area contributed by atoms with Gasteiger partial charge in [0.25, 0.3) is 0 Å². The molecule has 0 aromatic heterocycles. The number of primary amides is 1. The van der Waals surface area contributed by atoms with Crippen LogP contribution in [0, 0.1) is 0 Å². The number of hydrogen-bond acceptors (Lipinski definition) is 4. The molecule has 0 saturated heterocycles. The van der Waals surface area contributed by atoms with Gasteiger partial charge in [-0.15, -0.1) is 0 Å². The lowest BCUT2D eigenvalue weighted by atomic mass is 10.3. The molecule has 0 heterocycles. The fraction of sp³-hybridized carbons (Fsp3) is 0.571. The van der Waals surface area contributed by atoms with Crippen molar-refractivity contribution in [2.24, 2.45) is 10.9 Å². The maximum absolute atomic E-state index is 10.7. The lowest BCUT2D eigenvalue weighted by Gasteiger charge is -2.11. The van der Waals surface area contributed by atoms with Gasteiger partial charge in [0, 0.05) is 13.1 Å². The monoisotopic (exact) mass is 187 g/mol. The van der Waals surface area contributed by atoms with Gasteiger partial charge in [-0.2, -0.15) is 0 Å². The molecule has 0 fully saturated rings. The molecule has 6 nitrogen and oxygen atoms in total. The Morgan fingerprint density at radius 3 is 2.69 bits per heavy atom. The number of nitrogens with one attached hydrogen (secondary N) is 1. The minimum Gasteiger partial charge on any atom is -0.393 e. The van der Waals surface area contributed by atoms with Crippen molar-refractivity contribution in [3.63, 3.8) is 0 Å². The summed E-state index contributed by atoms with van der Waals surface area (Å²) in [4.78, 5) is 25.9. The molecular formula is C7H13N3O3. The Morgan fingerprint density at radius 2 is 2.31 bits per heavy atom. The van der Waals surface area contributed by atoms with Crippen molar-refractivity contribution in [2.45, 2.75) is 19.9 Å². The normalized spacial score (nSPS) is 12.5. The summed E-state index contributed by atoms with van der Waals surface area (Å²) in [7, 11) is 0. The molecule has 0 rings (SSSR count). The van der Waals surface area contributed by atoms with E-state index >= 15 is 0 Å². The Bertz CT molecular complexity index is 215. The first-order valence-corrected chi connectivity index (χ1v) is 3.74. The lowest BCUT2D eigenvalue weighted by Crippen LogP contribution is -2.46. The van der Waals surface area contributed by atoms with E-state index in [1.165, 1.54) is 13.1 Å². The van der Waals surface area contributed by atoms with E-state index in [0.29, 0.717) is 0 Å². The zero-order valence-electron chi connectivity index (χ0n) is 7.61. The number of nitrogens with two attached hydrogens (primary N) is 1. The molecule has 0 saturated carbocycles. The van der Waals surface area contributed by atoms with Gasteiger partial charge in [-0.3, -0.25) is 9.59 Å². The summed E-state index contributed by atoms with van der Waals surface area (Å²) in [5.74, 6) is -0.991.